The quantitative estimate of drug-likeness (QED) is 0.194. The number of hydrogen-bond donors (Lipinski definition) is 0. The highest BCUT2D eigenvalue weighted by molar-refractivity contribution is 7.14. The fourth-order valence-corrected chi connectivity index (χ4v) is 4.12. The van der Waals surface area contributed by atoms with Crippen molar-refractivity contribution in [2.75, 3.05) is 0 Å². The lowest BCUT2D eigenvalue weighted by molar-refractivity contribution is -0.144. The Hall–Kier alpha value is -3.25. The van der Waals surface area contributed by atoms with Gasteiger partial charge >= 0.3 is 11.6 Å². The van der Waals surface area contributed by atoms with Gasteiger partial charge in [-0.15, -0.1) is 11.3 Å². The van der Waals surface area contributed by atoms with Gasteiger partial charge in [0.25, 0.3) is 0 Å². The molecule has 0 saturated heterocycles. The van der Waals surface area contributed by atoms with Gasteiger partial charge in [0.15, 0.2) is 5.78 Å². The molecule has 0 bridgehead atoms. The van der Waals surface area contributed by atoms with Crippen LogP contribution in [-0.2, 0) is 16.1 Å². The number of rotatable bonds is 6. The highest BCUT2D eigenvalue weighted by atomic mass is 32.1. The van der Waals surface area contributed by atoms with Gasteiger partial charge in [0.2, 0.25) is 0 Å². The zero-order valence-corrected chi connectivity index (χ0v) is 16.6. The Morgan fingerprint density at radius 2 is 1.86 bits per heavy atom. The molecule has 0 aliphatic heterocycles. The van der Waals surface area contributed by atoms with Gasteiger partial charge in [-0.1, -0.05) is 30.3 Å². The van der Waals surface area contributed by atoms with E-state index in [9.17, 15) is 14.4 Å². The smallest absolute Gasteiger partial charge is 0.336 e. The molecule has 146 valence electrons. The number of ketones is 1. The normalized spacial score (nSPS) is 11.1. The summed E-state index contributed by atoms with van der Waals surface area (Å²) in [6.45, 7) is 1.88. The first-order valence-electron chi connectivity index (χ1n) is 9.21. The average molecular weight is 406 g/mol. The third-order valence-electron chi connectivity index (χ3n) is 4.67. The van der Waals surface area contributed by atoms with Gasteiger partial charge < -0.3 is 9.15 Å². The lowest BCUT2D eigenvalue weighted by atomic mass is 10.0. The van der Waals surface area contributed by atoms with Crippen LogP contribution in [0.5, 0.6) is 0 Å². The third kappa shape index (κ3) is 4.12. The van der Waals surface area contributed by atoms with E-state index in [-0.39, 0.29) is 25.2 Å². The molecule has 0 amide bonds. The Morgan fingerprint density at radius 1 is 1.03 bits per heavy atom. The van der Waals surface area contributed by atoms with E-state index in [4.69, 9.17) is 9.15 Å². The minimum absolute atomic E-state index is 0.00407. The predicted octanol–water partition coefficient (Wildman–Crippen LogP) is 5.02. The topological polar surface area (TPSA) is 73.6 Å². The van der Waals surface area contributed by atoms with Gasteiger partial charge in [0, 0.05) is 28.3 Å². The summed E-state index contributed by atoms with van der Waals surface area (Å²) in [5, 5.41) is 2.67. The molecular formula is C23H18O5S. The number of carbonyl (C=O) groups excluding carboxylic acids is 2. The van der Waals surface area contributed by atoms with Gasteiger partial charge in [-0.3, -0.25) is 9.59 Å². The number of thiophene rings is 1. The van der Waals surface area contributed by atoms with E-state index in [0.717, 1.165) is 21.0 Å². The molecule has 0 spiro atoms. The number of esters is 1. The Labute approximate surface area is 170 Å². The fourth-order valence-electron chi connectivity index (χ4n) is 3.29. The highest BCUT2D eigenvalue weighted by Gasteiger charge is 2.14. The van der Waals surface area contributed by atoms with Crippen LogP contribution in [0.4, 0.5) is 0 Å². The highest BCUT2D eigenvalue weighted by Crippen LogP contribution is 2.28. The van der Waals surface area contributed by atoms with Crippen molar-refractivity contribution in [3.8, 4) is 0 Å². The molecular weight excluding hydrogens is 388 g/mol. The van der Waals surface area contributed by atoms with Crippen molar-refractivity contribution in [2.45, 2.75) is 26.4 Å². The number of Topliss-reactive ketones (excluding diaryl/α,β-unsaturated/α-hetero) is 1. The second-order valence-electron chi connectivity index (χ2n) is 6.74. The van der Waals surface area contributed by atoms with E-state index in [1.165, 1.54) is 17.4 Å². The minimum Gasteiger partial charge on any atom is -0.461 e. The summed E-state index contributed by atoms with van der Waals surface area (Å²) in [5.74, 6) is -0.551. The largest absolute Gasteiger partial charge is 0.461 e. The first-order valence-corrected chi connectivity index (χ1v) is 10.0. The number of ether oxygens (including phenoxy) is 1. The van der Waals surface area contributed by atoms with Gasteiger partial charge in [-0.2, -0.15) is 0 Å². The van der Waals surface area contributed by atoms with Gasteiger partial charge in [-0.05, 0) is 35.9 Å². The number of fused-ring (bicyclic) bond motifs is 3. The Kier molecular flexibility index (Phi) is 5.27. The SMILES string of the molecule is Cc1ccc(C(=O)CCC(=O)OCc2cc(=O)oc3ccc4ccccc4c23)s1. The van der Waals surface area contributed by atoms with Crippen molar-refractivity contribution in [2.24, 2.45) is 0 Å². The van der Waals surface area contributed by atoms with Crippen molar-refractivity contribution >= 4 is 44.8 Å². The van der Waals surface area contributed by atoms with E-state index in [1.54, 1.807) is 12.1 Å². The first-order chi connectivity index (χ1) is 14.0. The molecule has 0 fully saturated rings. The van der Waals surface area contributed by atoms with Crippen molar-refractivity contribution in [1.29, 1.82) is 0 Å². The molecule has 4 rings (SSSR count). The van der Waals surface area contributed by atoms with Crippen LogP contribution in [0.2, 0.25) is 0 Å². The molecule has 2 heterocycles. The second-order valence-corrected chi connectivity index (χ2v) is 8.03. The second kappa shape index (κ2) is 8.01. The summed E-state index contributed by atoms with van der Waals surface area (Å²) in [5.41, 5.74) is 0.536. The van der Waals surface area contributed by atoms with Crippen LogP contribution in [-0.4, -0.2) is 11.8 Å². The Bertz CT molecular complexity index is 1280. The summed E-state index contributed by atoms with van der Waals surface area (Å²) in [6, 6.07) is 16.4. The molecule has 2 aromatic carbocycles. The summed E-state index contributed by atoms with van der Waals surface area (Å²) in [6.07, 6.45) is 0.0926. The van der Waals surface area contributed by atoms with Crippen LogP contribution in [0.3, 0.4) is 0 Å². The monoisotopic (exact) mass is 406 g/mol. The van der Waals surface area contributed by atoms with Gasteiger partial charge in [0.1, 0.15) is 12.2 Å². The average Bonchev–Trinajstić information content (AvgIpc) is 3.16. The van der Waals surface area contributed by atoms with Gasteiger partial charge in [-0.25, -0.2) is 4.79 Å². The number of carbonyl (C=O) groups is 2. The Balaban J connectivity index is 1.50. The molecule has 2 aromatic heterocycles. The van der Waals surface area contributed by atoms with E-state index >= 15 is 0 Å². The Morgan fingerprint density at radius 3 is 2.66 bits per heavy atom. The van der Waals surface area contributed by atoms with Crippen LogP contribution in [0, 0.1) is 6.92 Å². The van der Waals surface area contributed by atoms with Crippen LogP contribution in [0.25, 0.3) is 21.7 Å². The summed E-state index contributed by atoms with van der Waals surface area (Å²) < 4.78 is 10.7. The lowest BCUT2D eigenvalue weighted by Gasteiger charge is -2.09. The summed E-state index contributed by atoms with van der Waals surface area (Å²) >= 11 is 1.42. The van der Waals surface area contributed by atoms with E-state index in [2.05, 4.69) is 0 Å². The van der Waals surface area contributed by atoms with Crippen LogP contribution in [0.15, 0.2) is 63.8 Å². The maximum Gasteiger partial charge on any atom is 0.336 e. The molecule has 29 heavy (non-hydrogen) atoms. The van der Waals surface area contributed by atoms with Crippen LogP contribution in [0.1, 0.15) is 33.0 Å². The molecule has 0 aliphatic rings. The lowest BCUT2D eigenvalue weighted by Crippen LogP contribution is -2.09. The zero-order chi connectivity index (χ0) is 20.4. The predicted molar refractivity (Wildman–Crippen MR) is 112 cm³/mol. The number of aryl methyl sites for hydroxylation is 1. The van der Waals surface area contributed by atoms with E-state index in [0.29, 0.717) is 16.0 Å². The zero-order valence-electron chi connectivity index (χ0n) is 15.8. The molecule has 5 nitrogen and oxygen atoms in total. The van der Waals surface area contributed by atoms with Crippen molar-refractivity contribution in [3.05, 3.63) is 80.3 Å². The molecule has 0 atom stereocenters. The standard InChI is InChI=1S/C23H18O5S/c1-14-6-10-20(29-14)18(24)8-11-21(25)27-13-16-12-22(26)28-19-9-7-15-4-2-3-5-17(15)23(16)19/h2-7,9-10,12H,8,11,13H2,1H3. The summed E-state index contributed by atoms with van der Waals surface area (Å²) in [7, 11) is 0. The molecule has 0 aliphatic carbocycles. The van der Waals surface area contributed by atoms with Gasteiger partial charge in [0.05, 0.1) is 11.3 Å². The van der Waals surface area contributed by atoms with E-state index < -0.39 is 11.6 Å². The summed E-state index contributed by atoms with van der Waals surface area (Å²) in [4.78, 5) is 37.9. The molecule has 0 saturated carbocycles. The molecule has 6 heteroatoms. The fraction of sp³-hybridized carbons (Fsp3) is 0.174. The molecule has 4 aromatic rings. The first kappa shape index (κ1) is 19.1. The molecule has 0 N–H and O–H groups in total. The maximum atomic E-state index is 12.2. The van der Waals surface area contributed by atoms with Crippen LogP contribution < -0.4 is 5.63 Å². The minimum atomic E-state index is -0.498. The van der Waals surface area contributed by atoms with Crippen LogP contribution >= 0.6 is 11.3 Å². The van der Waals surface area contributed by atoms with E-state index in [1.807, 2.05) is 43.3 Å². The number of benzene rings is 2. The van der Waals surface area contributed by atoms with Crippen molar-refractivity contribution in [1.82, 2.24) is 0 Å². The molecule has 0 unspecified atom stereocenters. The third-order valence-corrected chi connectivity index (χ3v) is 5.72. The maximum absolute atomic E-state index is 12.2. The molecule has 0 radical (unpaired) electrons. The van der Waals surface area contributed by atoms with Crippen molar-refractivity contribution in [3.63, 3.8) is 0 Å². The number of hydrogen-bond acceptors (Lipinski definition) is 6. The van der Waals surface area contributed by atoms with Crippen molar-refractivity contribution < 1.29 is 18.7 Å².